The number of nitrogens with one attached hydrogen (secondary N) is 1. The monoisotopic (exact) mass is 508 g/mol. The van der Waals surface area contributed by atoms with Gasteiger partial charge in [0.2, 0.25) is 5.95 Å². The fraction of sp³-hybridized carbons (Fsp3) is 0.625. The molecule has 35 heavy (non-hydrogen) atoms. The van der Waals surface area contributed by atoms with E-state index in [-0.39, 0.29) is 30.1 Å². The van der Waals surface area contributed by atoms with Crippen molar-refractivity contribution >= 4 is 23.3 Å². The molecule has 3 fully saturated rings. The summed E-state index contributed by atoms with van der Waals surface area (Å²) in [6.45, 7) is 10.2. The Hall–Kier alpha value is -2.40. The summed E-state index contributed by atoms with van der Waals surface area (Å²) in [7, 11) is 0. The smallest absolute Gasteiger partial charge is 0.337 e. The number of alkyl halides is 3. The van der Waals surface area contributed by atoms with E-state index in [1.165, 1.54) is 10.4 Å². The zero-order valence-electron chi connectivity index (χ0n) is 20.2. The lowest BCUT2D eigenvalue weighted by molar-refractivity contribution is -0.138. The highest BCUT2D eigenvalue weighted by molar-refractivity contribution is 7.10. The third-order valence-corrected chi connectivity index (χ3v) is 8.55. The molecule has 0 bridgehead atoms. The van der Waals surface area contributed by atoms with Gasteiger partial charge in [-0.25, -0.2) is 14.8 Å². The molecule has 7 nitrogen and oxygen atoms in total. The van der Waals surface area contributed by atoms with Crippen LogP contribution in [0.4, 0.5) is 23.9 Å². The minimum Gasteiger partial charge on any atom is -0.337 e. The summed E-state index contributed by atoms with van der Waals surface area (Å²) in [5.74, 6) is 0.255. The van der Waals surface area contributed by atoms with Gasteiger partial charge >= 0.3 is 12.2 Å². The molecule has 1 N–H and O–H groups in total. The van der Waals surface area contributed by atoms with Gasteiger partial charge in [0.15, 0.2) is 0 Å². The van der Waals surface area contributed by atoms with Gasteiger partial charge < -0.3 is 15.1 Å². The van der Waals surface area contributed by atoms with Crippen LogP contribution in [0, 0.1) is 12.3 Å². The van der Waals surface area contributed by atoms with Crippen LogP contribution in [-0.2, 0) is 12.7 Å². The van der Waals surface area contributed by atoms with Crippen molar-refractivity contribution in [2.24, 2.45) is 5.41 Å². The number of urea groups is 1. The molecule has 0 aromatic carbocycles. The molecule has 4 heterocycles. The highest BCUT2D eigenvalue weighted by Crippen LogP contribution is 2.49. The molecule has 0 unspecified atom stereocenters. The van der Waals surface area contributed by atoms with Crippen molar-refractivity contribution in [1.82, 2.24) is 25.1 Å². The number of piperazine rings is 1. The lowest BCUT2D eigenvalue weighted by atomic mass is 9.60. The molecule has 2 aromatic rings. The molecule has 190 valence electrons. The number of hydrogen-bond donors (Lipinski definition) is 1. The van der Waals surface area contributed by atoms with Crippen molar-refractivity contribution in [2.45, 2.75) is 64.5 Å². The number of thiophene rings is 1. The van der Waals surface area contributed by atoms with Gasteiger partial charge in [-0.2, -0.15) is 13.2 Å². The Labute approximate surface area is 207 Å². The zero-order valence-corrected chi connectivity index (χ0v) is 21.0. The van der Waals surface area contributed by atoms with Crippen LogP contribution in [0.5, 0.6) is 0 Å². The van der Waals surface area contributed by atoms with Gasteiger partial charge in [0.1, 0.15) is 0 Å². The summed E-state index contributed by atoms with van der Waals surface area (Å²) < 4.78 is 38.4. The molecule has 1 spiro atoms. The second kappa shape index (κ2) is 8.92. The van der Waals surface area contributed by atoms with Crippen molar-refractivity contribution in [1.29, 1.82) is 0 Å². The van der Waals surface area contributed by atoms with Gasteiger partial charge in [0.25, 0.3) is 0 Å². The zero-order chi connectivity index (χ0) is 25.0. The SMILES string of the molecule is Cc1ccsc1CN1CC2(CC(NC(=O)N3[C@H](C)CN(c4ncc(C(F)(F)F)cn4)C[C@@H]3C)C2)C1. The van der Waals surface area contributed by atoms with Crippen molar-refractivity contribution in [3.63, 3.8) is 0 Å². The minimum atomic E-state index is -4.46. The van der Waals surface area contributed by atoms with E-state index in [2.05, 4.69) is 38.6 Å². The summed E-state index contributed by atoms with van der Waals surface area (Å²) >= 11 is 1.82. The second-order valence-electron chi connectivity index (χ2n) is 10.5. The van der Waals surface area contributed by atoms with Gasteiger partial charge in [-0.3, -0.25) is 4.90 Å². The number of aromatic nitrogens is 2. The van der Waals surface area contributed by atoms with Gasteiger partial charge in [0.05, 0.1) is 5.56 Å². The maximum absolute atomic E-state index is 13.1. The molecule has 1 saturated carbocycles. The lowest BCUT2D eigenvalue weighted by Crippen LogP contribution is -2.68. The van der Waals surface area contributed by atoms with Crippen molar-refractivity contribution in [3.8, 4) is 0 Å². The average Bonchev–Trinajstić information content (AvgIpc) is 3.14. The third kappa shape index (κ3) is 4.84. The van der Waals surface area contributed by atoms with Crippen LogP contribution in [-0.4, -0.2) is 70.1 Å². The van der Waals surface area contributed by atoms with Crippen LogP contribution in [0.15, 0.2) is 23.8 Å². The van der Waals surface area contributed by atoms with Gasteiger partial charge in [-0.05, 0) is 56.0 Å². The number of anilines is 1. The molecule has 0 radical (unpaired) electrons. The molecule has 5 rings (SSSR count). The summed E-state index contributed by atoms with van der Waals surface area (Å²) in [4.78, 5) is 28.5. The van der Waals surface area contributed by atoms with Crippen LogP contribution in [0.25, 0.3) is 0 Å². The van der Waals surface area contributed by atoms with E-state index in [0.29, 0.717) is 18.5 Å². The van der Waals surface area contributed by atoms with E-state index in [1.54, 1.807) is 0 Å². The van der Waals surface area contributed by atoms with Gasteiger partial charge in [0, 0.05) is 68.1 Å². The highest BCUT2D eigenvalue weighted by atomic mass is 32.1. The molecular formula is C24H31F3N6OS. The van der Waals surface area contributed by atoms with Crippen LogP contribution < -0.4 is 10.2 Å². The molecule has 2 amide bonds. The normalized spacial score (nSPS) is 24.9. The number of halogens is 3. The topological polar surface area (TPSA) is 64.6 Å². The Morgan fingerprint density at radius 1 is 1.17 bits per heavy atom. The summed E-state index contributed by atoms with van der Waals surface area (Å²) in [5.41, 5.74) is 0.844. The first kappa shape index (κ1) is 24.3. The Kier molecular flexibility index (Phi) is 6.19. The number of aryl methyl sites for hydroxylation is 1. The summed E-state index contributed by atoms with van der Waals surface area (Å²) in [5, 5.41) is 5.36. The quantitative estimate of drug-likeness (QED) is 0.673. The van der Waals surface area contributed by atoms with E-state index in [4.69, 9.17) is 0 Å². The Morgan fingerprint density at radius 3 is 2.34 bits per heavy atom. The number of nitrogens with zero attached hydrogens (tertiary/aromatic N) is 5. The molecule has 2 saturated heterocycles. The fourth-order valence-corrected chi connectivity index (χ4v) is 6.84. The Morgan fingerprint density at radius 2 is 1.80 bits per heavy atom. The molecule has 3 aliphatic rings. The highest BCUT2D eigenvalue weighted by Gasteiger charge is 2.53. The van der Waals surface area contributed by atoms with Crippen LogP contribution in [0.2, 0.25) is 0 Å². The minimum absolute atomic E-state index is 0.0665. The first-order valence-corrected chi connectivity index (χ1v) is 12.9. The molecule has 11 heteroatoms. The predicted molar refractivity (Wildman–Crippen MR) is 128 cm³/mol. The standard InChI is InChI=1S/C24H31F3N6OS/c1-15-4-5-35-20(15)12-31-13-23(14-31)6-19(7-23)30-22(34)33-16(2)10-32(11-17(33)3)21-28-8-18(9-29-21)24(25,26)27/h4-5,8-9,16-17,19H,6-7,10-14H2,1-3H3,(H,30,34)/t16-,17+. The summed E-state index contributed by atoms with van der Waals surface area (Å²) in [6, 6.07) is 2.06. The molecule has 2 aliphatic heterocycles. The average molecular weight is 509 g/mol. The van der Waals surface area contributed by atoms with Crippen LogP contribution in [0.1, 0.15) is 42.7 Å². The van der Waals surface area contributed by atoms with E-state index in [1.807, 2.05) is 35.0 Å². The van der Waals surface area contributed by atoms with Gasteiger partial charge in [-0.15, -0.1) is 11.3 Å². The van der Waals surface area contributed by atoms with Crippen molar-refractivity contribution in [3.05, 3.63) is 39.8 Å². The summed E-state index contributed by atoms with van der Waals surface area (Å²) in [6.07, 6.45) is -0.808. The second-order valence-corrected chi connectivity index (χ2v) is 11.5. The molecule has 1 aliphatic carbocycles. The van der Waals surface area contributed by atoms with Crippen LogP contribution in [0.3, 0.4) is 0 Å². The number of amides is 2. The third-order valence-electron chi connectivity index (χ3n) is 7.54. The number of carbonyl (C=O) groups is 1. The lowest BCUT2D eigenvalue weighted by Gasteiger charge is -2.59. The number of carbonyl (C=O) groups excluding carboxylic acids is 1. The van der Waals surface area contributed by atoms with Crippen molar-refractivity contribution < 1.29 is 18.0 Å². The van der Waals surface area contributed by atoms with Crippen molar-refractivity contribution in [2.75, 3.05) is 31.1 Å². The first-order valence-electron chi connectivity index (χ1n) is 12.0. The number of hydrogen-bond acceptors (Lipinski definition) is 6. The van der Waals surface area contributed by atoms with E-state index in [9.17, 15) is 18.0 Å². The largest absolute Gasteiger partial charge is 0.419 e. The maximum atomic E-state index is 13.1. The number of rotatable bonds is 4. The first-order chi connectivity index (χ1) is 16.5. The Balaban J connectivity index is 1.10. The van der Waals surface area contributed by atoms with Gasteiger partial charge in [-0.1, -0.05) is 0 Å². The van der Waals surface area contributed by atoms with E-state index >= 15 is 0 Å². The maximum Gasteiger partial charge on any atom is 0.419 e. The molecule has 2 atom stereocenters. The predicted octanol–water partition coefficient (Wildman–Crippen LogP) is 4.14. The number of likely N-dealkylation sites (tertiary alicyclic amines) is 1. The molecule has 2 aromatic heterocycles. The fourth-order valence-electron chi connectivity index (χ4n) is 5.90. The molecular weight excluding hydrogens is 477 g/mol. The van der Waals surface area contributed by atoms with Crippen LogP contribution >= 0.6 is 11.3 Å². The van der Waals surface area contributed by atoms with E-state index < -0.39 is 11.7 Å². The Bertz CT molecular complexity index is 1050. The van der Waals surface area contributed by atoms with E-state index in [0.717, 1.165) is 44.9 Å².